The zero-order valence-electron chi connectivity index (χ0n) is 7.76. The van der Waals surface area contributed by atoms with Crippen molar-refractivity contribution < 1.29 is 0 Å². The van der Waals surface area contributed by atoms with Crippen LogP contribution in [0.5, 0.6) is 0 Å². The number of anilines is 1. The number of hydrogen-bond donors (Lipinski definition) is 1. The van der Waals surface area contributed by atoms with Crippen molar-refractivity contribution in [2.75, 3.05) is 31.1 Å². The quantitative estimate of drug-likeness (QED) is 0.856. The van der Waals surface area contributed by atoms with Crippen molar-refractivity contribution in [1.82, 2.24) is 5.32 Å². The van der Waals surface area contributed by atoms with E-state index in [-0.39, 0.29) is 0 Å². The highest BCUT2D eigenvalue weighted by molar-refractivity contribution is 9.11. The van der Waals surface area contributed by atoms with Crippen molar-refractivity contribution >= 4 is 37.5 Å². The molecule has 1 heterocycles. The first-order valence-electron chi connectivity index (χ1n) is 4.69. The normalized spacial score (nSPS) is 17.1. The van der Waals surface area contributed by atoms with E-state index in [0.717, 1.165) is 35.1 Å². The molecule has 2 rings (SSSR count). The van der Waals surface area contributed by atoms with Crippen LogP contribution in [0.2, 0.25) is 0 Å². The molecule has 1 aliphatic heterocycles. The molecule has 0 atom stereocenters. The number of piperazine rings is 1. The average Bonchev–Trinajstić information content (AvgIpc) is 2.19. The molecule has 1 aromatic carbocycles. The summed E-state index contributed by atoms with van der Waals surface area (Å²) in [5.41, 5.74) is 1.27. The van der Waals surface area contributed by atoms with Gasteiger partial charge in [0.25, 0.3) is 0 Å². The van der Waals surface area contributed by atoms with E-state index in [1.165, 1.54) is 5.69 Å². The summed E-state index contributed by atoms with van der Waals surface area (Å²) < 4.78 is 2.32. The lowest BCUT2D eigenvalue weighted by molar-refractivity contribution is 0.588. The number of nitrogens with one attached hydrogen (secondary N) is 1. The highest BCUT2D eigenvalue weighted by Crippen LogP contribution is 2.33. The molecule has 4 heteroatoms. The largest absolute Gasteiger partial charge is 0.367 e. The molecule has 1 N–H and O–H groups in total. The van der Waals surface area contributed by atoms with E-state index in [1.54, 1.807) is 0 Å². The fraction of sp³-hybridized carbons (Fsp3) is 0.400. The molecule has 14 heavy (non-hydrogen) atoms. The first kappa shape index (κ1) is 10.5. The summed E-state index contributed by atoms with van der Waals surface area (Å²) in [4.78, 5) is 2.39. The van der Waals surface area contributed by atoms with Crippen molar-refractivity contribution in [3.63, 3.8) is 0 Å². The first-order chi connectivity index (χ1) is 6.79. The summed E-state index contributed by atoms with van der Waals surface area (Å²) >= 11 is 7.18. The van der Waals surface area contributed by atoms with E-state index < -0.39 is 0 Å². The Bertz CT molecular complexity index is 302. The van der Waals surface area contributed by atoms with Gasteiger partial charge in [-0.05, 0) is 44.0 Å². The van der Waals surface area contributed by atoms with E-state index in [1.807, 2.05) is 6.07 Å². The second kappa shape index (κ2) is 4.64. The maximum absolute atomic E-state index is 3.59. The Hall–Kier alpha value is -0.0600. The Balaban J connectivity index is 2.29. The minimum absolute atomic E-state index is 1.06. The van der Waals surface area contributed by atoms with Crippen LogP contribution in [0.3, 0.4) is 0 Å². The number of hydrogen-bond acceptors (Lipinski definition) is 2. The van der Waals surface area contributed by atoms with Crippen molar-refractivity contribution in [2.24, 2.45) is 0 Å². The molecule has 0 aromatic heterocycles. The third-order valence-electron chi connectivity index (χ3n) is 2.37. The highest BCUT2D eigenvalue weighted by Gasteiger charge is 2.15. The average molecular weight is 320 g/mol. The van der Waals surface area contributed by atoms with Gasteiger partial charge in [0, 0.05) is 35.1 Å². The highest BCUT2D eigenvalue weighted by atomic mass is 79.9. The fourth-order valence-corrected chi connectivity index (χ4v) is 3.18. The van der Waals surface area contributed by atoms with E-state index in [4.69, 9.17) is 0 Å². The smallest absolute Gasteiger partial charge is 0.0655 e. The Labute approximate surface area is 101 Å². The maximum atomic E-state index is 3.59. The van der Waals surface area contributed by atoms with Crippen LogP contribution in [-0.4, -0.2) is 26.2 Å². The monoisotopic (exact) mass is 318 g/mol. The summed E-state index contributed by atoms with van der Waals surface area (Å²) in [5.74, 6) is 0. The summed E-state index contributed by atoms with van der Waals surface area (Å²) in [6, 6.07) is 6.21. The maximum Gasteiger partial charge on any atom is 0.0655 e. The van der Waals surface area contributed by atoms with Gasteiger partial charge in [-0.1, -0.05) is 6.07 Å². The lowest BCUT2D eigenvalue weighted by Crippen LogP contribution is -2.43. The molecule has 0 bridgehead atoms. The second-order valence-electron chi connectivity index (χ2n) is 3.31. The van der Waals surface area contributed by atoms with Crippen LogP contribution in [0.25, 0.3) is 0 Å². The van der Waals surface area contributed by atoms with Crippen LogP contribution in [0.1, 0.15) is 0 Å². The Kier molecular flexibility index (Phi) is 3.47. The number of nitrogens with zero attached hydrogens (tertiary/aromatic N) is 1. The third kappa shape index (κ3) is 2.12. The van der Waals surface area contributed by atoms with Gasteiger partial charge in [0.2, 0.25) is 0 Å². The molecule has 1 fully saturated rings. The molecule has 76 valence electrons. The minimum atomic E-state index is 1.06. The summed E-state index contributed by atoms with van der Waals surface area (Å²) in [6.45, 7) is 4.27. The van der Waals surface area contributed by atoms with Gasteiger partial charge in [-0.3, -0.25) is 0 Å². The molecule has 1 aromatic rings. The molecule has 1 saturated heterocycles. The molecule has 0 unspecified atom stereocenters. The van der Waals surface area contributed by atoms with E-state index >= 15 is 0 Å². The molecule has 0 saturated carbocycles. The van der Waals surface area contributed by atoms with Crippen LogP contribution in [-0.2, 0) is 0 Å². The van der Waals surface area contributed by atoms with Gasteiger partial charge in [-0.2, -0.15) is 0 Å². The summed E-state index contributed by atoms with van der Waals surface area (Å²) in [6.07, 6.45) is 0. The minimum Gasteiger partial charge on any atom is -0.367 e. The standard InChI is InChI=1S/C10H12Br2N2/c11-8-2-1-3-9(12)10(8)14-6-4-13-5-7-14/h1-3,13H,4-7H2. The van der Waals surface area contributed by atoms with Crippen LogP contribution < -0.4 is 10.2 Å². The summed E-state index contributed by atoms with van der Waals surface area (Å²) in [7, 11) is 0. The van der Waals surface area contributed by atoms with Gasteiger partial charge in [0.1, 0.15) is 0 Å². The van der Waals surface area contributed by atoms with E-state index in [9.17, 15) is 0 Å². The Morgan fingerprint density at radius 2 is 1.64 bits per heavy atom. The number of halogens is 2. The summed E-state index contributed by atoms with van der Waals surface area (Å²) in [5, 5.41) is 3.35. The zero-order chi connectivity index (χ0) is 9.97. The zero-order valence-corrected chi connectivity index (χ0v) is 10.9. The predicted molar refractivity (Wildman–Crippen MR) is 66.9 cm³/mol. The van der Waals surface area contributed by atoms with Gasteiger partial charge in [-0.15, -0.1) is 0 Å². The number of rotatable bonds is 1. The third-order valence-corrected chi connectivity index (χ3v) is 3.65. The number of benzene rings is 1. The lowest BCUT2D eigenvalue weighted by Gasteiger charge is -2.31. The van der Waals surface area contributed by atoms with Crippen molar-refractivity contribution in [3.05, 3.63) is 27.1 Å². The van der Waals surface area contributed by atoms with Crippen LogP contribution in [0.15, 0.2) is 27.1 Å². The van der Waals surface area contributed by atoms with Crippen LogP contribution in [0.4, 0.5) is 5.69 Å². The molecule has 2 nitrogen and oxygen atoms in total. The van der Waals surface area contributed by atoms with Gasteiger partial charge in [0.05, 0.1) is 5.69 Å². The van der Waals surface area contributed by atoms with E-state index in [2.05, 4.69) is 54.2 Å². The predicted octanol–water partition coefficient (Wildman–Crippen LogP) is 2.62. The van der Waals surface area contributed by atoms with Crippen molar-refractivity contribution in [1.29, 1.82) is 0 Å². The van der Waals surface area contributed by atoms with Gasteiger partial charge in [0.15, 0.2) is 0 Å². The fourth-order valence-electron chi connectivity index (χ4n) is 1.68. The molecular weight excluding hydrogens is 308 g/mol. The molecule has 0 spiro atoms. The molecule has 1 aliphatic rings. The Morgan fingerprint density at radius 3 is 2.21 bits per heavy atom. The molecule has 0 amide bonds. The van der Waals surface area contributed by atoms with Crippen LogP contribution in [0, 0.1) is 0 Å². The molecule has 0 radical (unpaired) electrons. The Morgan fingerprint density at radius 1 is 1.07 bits per heavy atom. The van der Waals surface area contributed by atoms with E-state index in [0.29, 0.717) is 0 Å². The lowest BCUT2D eigenvalue weighted by atomic mass is 10.2. The first-order valence-corrected chi connectivity index (χ1v) is 6.27. The van der Waals surface area contributed by atoms with Gasteiger partial charge in [-0.25, -0.2) is 0 Å². The molecule has 0 aliphatic carbocycles. The molecular formula is C10H12Br2N2. The number of para-hydroxylation sites is 1. The topological polar surface area (TPSA) is 15.3 Å². The van der Waals surface area contributed by atoms with Gasteiger partial charge < -0.3 is 10.2 Å². The van der Waals surface area contributed by atoms with Crippen molar-refractivity contribution in [3.8, 4) is 0 Å². The van der Waals surface area contributed by atoms with Gasteiger partial charge >= 0.3 is 0 Å². The SMILES string of the molecule is Brc1cccc(Br)c1N1CCNCC1. The van der Waals surface area contributed by atoms with Crippen LogP contribution >= 0.6 is 31.9 Å². The second-order valence-corrected chi connectivity index (χ2v) is 5.02. The van der Waals surface area contributed by atoms with Crippen molar-refractivity contribution in [2.45, 2.75) is 0 Å².